The van der Waals surface area contributed by atoms with Gasteiger partial charge < -0.3 is 4.98 Å². The molecular formula is C25H24FN5. The van der Waals surface area contributed by atoms with E-state index in [1.54, 1.807) is 24.5 Å². The topological polar surface area (TPSA) is 57.7 Å². The van der Waals surface area contributed by atoms with Gasteiger partial charge in [-0.15, -0.1) is 0 Å². The molecule has 4 aromatic rings. The molecule has 1 saturated heterocycles. The Labute approximate surface area is 181 Å². The van der Waals surface area contributed by atoms with E-state index < -0.39 is 0 Å². The minimum Gasteiger partial charge on any atom is -0.348 e. The molecule has 5 nitrogen and oxygen atoms in total. The lowest BCUT2D eigenvalue weighted by molar-refractivity contribution is 0.202. The van der Waals surface area contributed by atoms with Crippen LogP contribution in [0.5, 0.6) is 0 Å². The Balaban J connectivity index is 1.22. The van der Waals surface area contributed by atoms with Crippen LogP contribution in [0.3, 0.4) is 0 Å². The van der Waals surface area contributed by atoms with Crippen LogP contribution in [0.4, 0.5) is 4.39 Å². The summed E-state index contributed by atoms with van der Waals surface area (Å²) < 4.78 is 13.4. The third kappa shape index (κ3) is 4.54. The van der Waals surface area contributed by atoms with Crippen molar-refractivity contribution in [1.82, 2.24) is 24.8 Å². The van der Waals surface area contributed by atoms with E-state index in [9.17, 15) is 4.39 Å². The summed E-state index contributed by atoms with van der Waals surface area (Å²) in [7, 11) is 0. The van der Waals surface area contributed by atoms with E-state index in [1.807, 2.05) is 6.20 Å². The lowest BCUT2D eigenvalue weighted by Crippen LogP contribution is -2.32. The zero-order valence-electron chi connectivity index (χ0n) is 17.2. The Morgan fingerprint density at radius 2 is 1.71 bits per heavy atom. The van der Waals surface area contributed by atoms with Crippen molar-refractivity contribution < 1.29 is 4.39 Å². The van der Waals surface area contributed by atoms with E-state index in [0.29, 0.717) is 17.3 Å². The molecule has 1 fully saturated rings. The van der Waals surface area contributed by atoms with Crippen molar-refractivity contribution in [1.29, 1.82) is 0 Å². The monoisotopic (exact) mass is 413 g/mol. The molecule has 0 spiro atoms. The summed E-state index contributed by atoms with van der Waals surface area (Å²) in [6.07, 6.45) is 7.60. The van der Waals surface area contributed by atoms with E-state index in [1.165, 1.54) is 17.7 Å². The molecule has 6 heteroatoms. The van der Waals surface area contributed by atoms with E-state index in [2.05, 4.69) is 50.2 Å². The Hall–Kier alpha value is -3.38. The normalized spacial score (nSPS) is 15.3. The number of piperidine rings is 1. The minimum absolute atomic E-state index is 0.295. The Morgan fingerprint density at radius 3 is 2.45 bits per heavy atom. The van der Waals surface area contributed by atoms with Gasteiger partial charge in [0.25, 0.3) is 0 Å². The highest BCUT2D eigenvalue weighted by molar-refractivity contribution is 5.60. The lowest BCUT2D eigenvalue weighted by atomic mass is 9.96. The molecule has 156 valence electrons. The first-order valence-corrected chi connectivity index (χ1v) is 10.6. The fourth-order valence-corrected chi connectivity index (χ4v) is 4.14. The maximum Gasteiger partial charge on any atom is 0.159 e. The zero-order valence-corrected chi connectivity index (χ0v) is 17.2. The molecule has 1 aliphatic rings. The first-order chi connectivity index (χ1) is 15.2. The number of rotatable bonds is 5. The third-order valence-electron chi connectivity index (χ3n) is 5.85. The Morgan fingerprint density at radius 1 is 0.935 bits per heavy atom. The summed E-state index contributed by atoms with van der Waals surface area (Å²) in [5, 5.41) is 0. The van der Waals surface area contributed by atoms with Gasteiger partial charge in [0.2, 0.25) is 0 Å². The van der Waals surface area contributed by atoms with Gasteiger partial charge >= 0.3 is 0 Å². The molecule has 0 bridgehead atoms. The average Bonchev–Trinajstić information content (AvgIpc) is 3.31. The molecule has 0 aliphatic carbocycles. The van der Waals surface area contributed by atoms with Gasteiger partial charge in [-0.2, -0.15) is 0 Å². The second-order valence-corrected chi connectivity index (χ2v) is 8.01. The number of nitrogens with zero attached hydrogens (tertiary/aromatic N) is 4. The van der Waals surface area contributed by atoms with Gasteiger partial charge in [0, 0.05) is 42.2 Å². The van der Waals surface area contributed by atoms with Crippen LogP contribution in [0, 0.1) is 5.82 Å². The van der Waals surface area contributed by atoms with E-state index in [4.69, 9.17) is 4.98 Å². The van der Waals surface area contributed by atoms with Gasteiger partial charge in [0.15, 0.2) is 5.82 Å². The number of imidazole rings is 1. The number of nitrogens with one attached hydrogen (secondary N) is 1. The first-order valence-electron chi connectivity index (χ1n) is 10.6. The number of likely N-dealkylation sites (tertiary alicyclic amines) is 1. The van der Waals surface area contributed by atoms with E-state index >= 15 is 0 Å². The predicted octanol–water partition coefficient (Wildman–Crippen LogP) is 5.05. The molecule has 0 radical (unpaired) electrons. The molecule has 3 heterocycles. The maximum absolute atomic E-state index is 13.4. The van der Waals surface area contributed by atoms with Gasteiger partial charge in [0.1, 0.15) is 11.6 Å². The molecule has 0 unspecified atom stereocenters. The van der Waals surface area contributed by atoms with Crippen molar-refractivity contribution in [3.63, 3.8) is 0 Å². The summed E-state index contributed by atoms with van der Waals surface area (Å²) in [6, 6.07) is 16.9. The van der Waals surface area contributed by atoms with Crippen molar-refractivity contribution >= 4 is 0 Å². The molecule has 31 heavy (non-hydrogen) atoms. The van der Waals surface area contributed by atoms with Crippen LogP contribution in [0.25, 0.3) is 22.6 Å². The molecule has 2 aromatic carbocycles. The summed E-state index contributed by atoms with van der Waals surface area (Å²) >= 11 is 0. The smallest absolute Gasteiger partial charge is 0.159 e. The summed E-state index contributed by atoms with van der Waals surface area (Å²) in [5.74, 6) is 1.68. The number of H-pyrrole nitrogens is 1. The highest BCUT2D eigenvalue weighted by atomic mass is 19.1. The number of aromatic nitrogens is 4. The highest BCUT2D eigenvalue weighted by Gasteiger charge is 2.23. The largest absolute Gasteiger partial charge is 0.348 e. The third-order valence-corrected chi connectivity index (χ3v) is 5.85. The van der Waals surface area contributed by atoms with Gasteiger partial charge in [-0.25, -0.2) is 19.3 Å². The van der Waals surface area contributed by atoms with Crippen LogP contribution < -0.4 is 0 Å². The Kier molecular flexibility index (Phi) is 5.54. The van der Waals surface area contributed by atoms with Crippen molar-refractivity contribution in [3.8, 4) is 22.6 Å². The number of benzene rings is 2. The lowest BCUT2D eigenvalue weighted by Gasteiger charge is -2.31. The minimum atomic E-state index is -0.295. The molecule has 1 N–H and O–H groups in total. The number of hydrogen-bond acceptors (Lipinski definition) is 4. The van der Waals surface area contributed by atoms with Crippen LogP contribution in [0.2, 0.25) is 0 Å². The fourth-order valence-electron chi connectivity index (χ4n) is 4.14. The first kappa shape index (κ1) is 19.6. The number of halogens is 1. The summed E-state index contributed by atoms with van der Waals surface area (Å²) in [6.45, 7) is 3.15. The summed E-state index contributed by atoms with van der Waals surface area (Å²) in [4.78, 5) is 19.5. The molecule has 0 atom stereocenters. The quantitative estimate of drug-likeness (QED) is 0.497. The maximum atomic E-state index is 13.4. The van der Waals surface area contributed by atoms with Crippen LogP contribution in [-0.2, 0) is 6.54 Å². The van der Waals surface area contributed by atoms with Gasteiger partial charge in [-0.3, -0.25) is 4.90 Å². The molecule has 0 saturated carbocycles. The second kappa shape index (κ2) is 8.78. The fraction of sp³-hybridized carbons (Fsp3) is 0.240. The molecule has 2 aromatic heterocycles. The van der Waals surface area contributed by atoms with E-state index in [-0.39, 0.29) is 5.82 Å². The Bertz CT molecular complexity index is 1130. The highest BCUT2D eigenvalue weighted by Crippen LogP contribution is 2.28. The standard InChI is InChI=1S/C25H24FN5/c26-22-8-4-7-20(13-22)24-27-14-21(15-28-24)23-16-29-25(30-23)19-9-11-31(12-10-19)17-18-5-2-1-3-6-18/h1-8,13-16,19H,9-12,17H2,(H,29,30). The average molecular weight is 414 g/mol. The number of aromatic amines is 1. The summed E-state index contributed by atoms with van der Waals surface area (Å²) in [5.41, 5.74) is 3.72. The molecule has 5 rings (SSSR count). The second-order valence-electron chi connectivity index (χ2n) is 8.01. The van der Waals surface area contributed by atoms with E-state index in [0.717, 1.165) is 49.6 Å². The number of hydrogen-bond donors (Lipinski definition) is 1. The van der Waals surface area contributed by atoms with Crippen molar-refractivity contribution in [2.45, 2.75) is 25.3 Å². The van der Waals surface area contributed by atoms with Crippen molar-refractivity contribution in [2.75, 3.05) is 13.1 Å². The molecular weight excluding hydrogens is 389 g/mol. The molecule has 0 amide bonds. The molecule has 1 aliphatic heterocycles. The van der Waals surface area contributed by atoms with Crippen LogP contribution in [0.1, 0.15) is 30.1 Å². The predicted molar refractivity (Wildman–Crippen MR) is 119 cm³/mol. The van der Waals surface area contributed by atoms with Gasteiger partial charge in [-0.05, 0) is 43.6 Å². The van der Waals surface area contributed by atoms with Crippen molar-refractivity contribution in [3.05, 3.63) is 90.4 Å². The van der Waals surface area contributed by atoms with Crippen LogP contribution in [0.15, 0.2) is 73.2 Å². The zero-order chi connectivity index (χ0) is 21.0. The van der Waals surface area contributed by atoms with Gasteiger partial charge in [-0.1, -0.05) is 42.5 Å². The SMILES string of the molecule is Fc1cccc(-c2ncc(-c3c[nH]c(C4CCN(Cc5ccccc5)CC4)n3)cn2)c1. The van der Waals surface area contributed by atoms with Crippen LogP contribution >= 0.6 is 0 Å². The van der Waals surface area contributed by atoms with Crippen molar-refractivity contribution in [2.24, 2.45) is 0 Å². The van der Waals surface area contributed by atoms with Gasteiger partial charge in [0.05, 0.1) is 5.69 Å². The van der Waals surface area contributed by atoms with Crippen LogP contribution in [-0.4, -0.2) is 37.9 Å².